The third kappa shape index (κ3) is 2.99. The minimum atomic E-state index is -0.858. The zero-order chi connectivity index (χ0) is 13.0. The van der Waals surface area contributed by atoms with E-state index in [0.717, 1.165) is 25.9 Å². The second-order valence-electron chi connectivity index (χ2n) is 4.68. The van der Waals surface area contributed by atoms with Crippen molar-refractivity contribution in [2.24, 2.45) is 5.92 Å². The SMILES string of the molecule is CCOc1ccc(CC2CCNCC2)c(F)c1F. The van der Waals surface area contributed by atoms with Crippen molar-refractivity contribution in [2.45, 2.75) is 26.2 Å². The highest BCUT2D eigenvalue weighted by molar-refractivity contribution is 5.31. The van der Waals surface area contributed by atoms with Crippen molar-refractivity contribution in [3.63, 3.8) is 0 Å². The van der Waals surface area contributed by atoms with Gasteiger partial charge in [0.15, 0.2) is 11.6 Å². The first-order chi connectivity index (χ1) is 8.72. The van der Waals surface area contributed by atoms with Gasteiger partial charge in [-0.15, -0.1) is 0 Å². The second kappa shape index (κ2) is 6.14. The number of halogens is 2. The number of hydrogen-bond acceptors (Lipinski definition) is 2. The molecule has 0 radical (unpaired) electrons. The molecule has 0 atom stereocenters. The van der Waals surface area contributed by atoms with Crippen molar-refractivity contribution < 1.29 is 13.5 Å². The standard InChI is InChI=1S/C14H19F2NO/c1-2-18-12-4-3-11(13(15)14(12)16)9-10-5-7-17-8-6-10/h3-4,10,17H,2,5-9H2,1H3. The van der Waals surface area contributed by atoms with Gasteiger partial charge in [-0.2, -0.15) is 4.39 Å². The molecule has 0 spiro atoms. The first-order valence-electron chi connectivity index (χ1n) is 6.52. The number of nitrogens with one attached hydrogen (secondary N) is 1. The first kappa shape index (κ1) is 13.3. The Kier molecular flexibility index (Phi) is 4.53. The predicted molar refractivity (Wildman–Crippen MR) is 66.8 cm³/mol. The maximum atomic E-state index is 13.9. The van der Waals surface area contributed by atoms with Crippen LogP contribution in [0, 0.1) is 17.6 Å². The van der Waals surface area contributed by atoms with Crippen LogP contribution in [-0.2, 0) is 6.42 Å². The molecule has 1 heterocycles. The molecule has 1 N–H and O–H groups in total. The van der Waals surface area contributed by atoms with Gasteiger partial charge in [-0.05, 0) is 56.8 Å². The Morgan fingerprint density at radius 1 is 1.22 bits per heavy atom. The van der Waals surface area contributed by atoms with E-state index < -0.39 is 11.6 Å². The molecular formula is C14H19F2NO. The number of rotatable bonds is 4. The number of hydrogen-bond donors (Lipinski definition) is 1. The largest absolute Gasteiger partial charge is 0.491 e. The molecule has 1 aliphatic rings. The maximum Gasteiger partial charge on any atom is 0.200 e. The Morgan fingerprint density at radius 3 is 2.61 bits per heavy atom. The van der Waals surface area contributed by atoms with Gasteiger partial charge in [0.1, 0.15) is 0 Å². The monoisotopic (exact) mass is 255 g/mol. The lowest BCUT2D eigenvalue weighted by molar-refractivity contribution is 0.311. The van der Waals surface area contributed by atoms with Crippen LogP contribution in [0.25, 0.3) is 0 Å². The van der Waals surface area contributed by atoms with Crippen LogP contribution in [-0.4, -0.2) is 19.7 Å². The fourth-order valence-corrected chi connectivity index (χ4v) is 2.39. The van der Waals surface area contributed by atoms with Gasteiger partial charge >= 0.3 is 0 Å². The summed E-state index contributed by atoms with van der Waals surface area (Å²) in [5, 5.41) is 3.26. The smallest absolute Gasteiger partial charge is 0.200 e. The fraction of sp³-hybridized carbons (Fsp3) is 0.571. The van der Waals surface area contributed by atoms with E-state index in [2.05, 4.69) is 5.32 Å². The molecule has 0 aliphatic carbocycles. The van der Waals surface area contributed by atoms with Gasteiger partial charge in [0.2, 0.25) is 5.82 Å². The van der Waals surface area contributed by atoms with Crippen LogP contribution in [0.15, 0.2) is 12.1 Å². The van der Waals surface area contributed by atoms with Crippen molar-refractivity contribution >= 4 is 0 Å². The summed E-state index contributed by atoms with van der Waals surface area (Å²) >= 11 is 0. The summed E-state index contributed by atoms with van der Waals surface area (Å²) in [4.78, 5) is 0. The average molecular weight is 255 g/mol. The molecule has 18 heavy (non-hydrogen) atoms. The predicted octanol–water partition coefficient (Wildman–Crippen LogP) is 2.91. The lowest BCUT2D eigenvalue weighted by Gasteiger charge is -2.22. The fourth-order valence-electron chi connectivity index (χ4n) is 2.39. The first-order valence-corrected chi connectivity index (χ1v) is 6.52. The summed E-state index contributed by atoms with van der Waals surface area (Å²) in [7, 11) is 0. The van der Waals surface area contributed by atoms with Crippen molar-refractivity contribution in [3.8, 4) is 5.75 Å². The van der Waals surface area contributed by atoms with Crippen LogP contribution in [0.2, 0.25) is 0 Å². The minimum absolute atomic E-state index is 0.00376. The molecule has 1 aromatic rings. The van der Waals surface area contributed by atoms with E-state index in [0.29, 0.717) is 24.5 Å². The van der Waals surface area contributed by atoms with E-state index >= 15 is 0 Å². The summed E-state index contributed by atoms with van der Waals surface area (Å²) in [5.41, 5.74) is 0.461. The molecule has 100 valence electrons. The summed E-state index contributed by atoms with van der Waals surface area (Å²) in [6, 6.07) is 3.17. The van der Waals surface area contributed by atoms with Gasteiger partial charge < -0.3 is 10.1 Å². The number of benzene rings is 1. The van der Waals surface area contributed by atoms with Gasteiger partial charge in [-0.3, -0.25) is 0 Å². The molecule has 1 aromatic carbocycles. The van der Waals surface area contributed by atoms with E-state index in [9.17, 15) is 8.78 Å². The summed E-state index contributed by atoms with van der Waals surface area (Å²) in [6.45, 7) is 4.02. The molecular weight excluding hydrogens is 236 g/mol. The third-order valence-electron chi connectivity index (χ3n) is 3.39. The Balaban J connectivity index is 2.10. The van der Waals surface area contributed by atoms with Gasteiger partial charge in [-0.25, -0.2) is 4.39 Å². The molecule has 1 saturated heterocycles. The Hall–Kier alpha value is -1.16. The summed E-state index contributed by atoms with van der Waals surface area (Å²) < 4.78 is 32.6. The van der Waals surface area contributed by atoms with E-state index in [4.69, 9.17) is 4.74 Å². The Labute approximate surface area is 106 Å². The molecule has 0 amide bonds. The van der Waals surface area contributed by atoms with Gasteiger partial charge in [0.25, 0.3) is 0 Å². The van der Waals surface area contributed by atoms with Crippen LogP contribution in [0.1, 0.15) is 25.3 Å². The number of ether oxygens (including phenoxy) is 1. The highest BCUT2D eigenvalue weighted by Gasteiger charge is 2.19. The molecule has 1 fully saturated rings. The van der Waals surface area contributed by atoms with Gasteiger partial charge in [0.05, 0.1) is 6.61 Å². The zero-order valence-corrected chi connectivity index (χ0v) is 10.6. The van der Waals surface area contributed by atoms with Crippen LogP contribution in [0.3, 0.4) is 0 Å². The van der Waals surface area contributed by atoms with Crippen LogP contribution in [0.4, 0.5) is 8.78 Å². The maximum absolute atomic E-state index is 13.9. The molecule has 4 heteroatoms. The van der Waals surface area contributed by atoms with Crippen LogP contribution in [0.5, 0.6) is 5.75 Å². The number of piperidine rings is 1. The highest BCUT2D eigenvalue weighted by Crippen LogP contribution is 2.26. The Morgan fingerprint density at radius 2 is 1.94 bits per heavy atom. The van der Waals surface area contributed by atoms with E-state index in [-0.39, 0.29) is 5.75 Å². The van der Waals surface area contributed by atoms with E-state index in [1.165, 1.54) is 6.07 Å². The van der Waals surface area contributed by atoms with Crippen molar-refractivity contribution in [1.82, 2.24) is 5.32 Å². The van der Waals surface area contributed by atoms with E-state index in [1.54, 1.807) is 13.0 Å². The molecule has 0 unspecified atom stereocenters. The highest BCUT2D eigenvalue weighted by atomic mass is 19.2. The molecule has 1 aliphatic heterocycles. The van der Waals surface area contributed by atoms with Gasteiger partial charge in [0, 0.05) is 0 Å². The quantitative estimate of drug-likeness (QED) is 0.893. The van der Waals surface area contributed by atoms with Crippen molar-refractivity contribution in [2.75, 3.05) is 19.7 Å². The average Bonchev–Trinajstić information content (AvgIpc) is 2.40. The minimum Gasteiger partial charge on any atom is -0.491 e. The summed E-state index contributed by atoms with van der Waals surface area (Å²) in [5.74, 6) is -1.16. The molecule has 0 aromatic heterocycles. The van der Waals surface area contributed by atoms with Crippen LogP contribution < -0.4 is 10.1 Å². The molecule has 0 saturated carbocycles. The second-order valence-corrected chi connectivity index (χ2v) is 4.68. The topological polar surface area (TPSA) is 21.3 Å². The van der Waals surface area contributed by atoms with Gasteiger partial charge in [-0.1, -0.05) is 6.07 Å². The lowest BCUT2D eigenvalue weighted by atomic mass is 9.91. The molecule has 2 rings (SSSR count). The van der Waals surface area contributed by atoms with E-state index in [1.807, 2.05) is 0 Å². The lowest BCUT2D eigenvalue weighted by Crippen LogP contribution is -2.28. The molecule has 2 nitrogen and oxygen atoms in total. The Bertz CT molecular complexity index is 403. The van der Waals surface area contributed by atoms with Crippen LogP contribution >= 0.6 is 0 Å². The van der Waals surface area contributed by atoms with Crippen molar-refractivity contribution in [1.29, 1.82) is 0 Å². The molecule has 0 bridgehead atoms. The summed E-state index contributed by atoms with van der Waals surface area (Å²) in [6.07, 6.45) is 2.65. The third-order valence-corrected chi connectivity index (χ3v) is 3.39. The van der Waals surface area contributed by atoms with Crippen molar-refractivity contribution in [3.05, 3.63) is 29.3 Å². The zero-order valence-electron chi connectivity index (χ0n) is 10.6. The normalized spacial score (nSPS) is 16.8.